The number of carbonyl (C=O) groups excluding carboxylic acids is 1. The molecule has 0 saturated carbocycles. The van der Waals surface area contributed by atoms with E-state index in [2.05, 4.69) is 20.3 Å². The molecule has 0 aliphatic carbocycles. The van der Waals surface area contributed by atoms with Crippen LogP contribution in [-0.4, -0.2) is 32.0 Å². The number of H-pyrrole nitrogens is 1. The molecule has 3 rings (SSSR count). The summed E-state index contributed by atoms with van der Waals surface area (Å²) in [5.41, 5.74) is -0.423. The number of imidazole rings is 1. The summed E-state index contributed by atoms with van der Waals surface area (Å²) in [5.74, 6) is 0.624. The number of benzene rings is 1. The first-order valence-electron chi connectivity index (χ1n) is 8.15. The van der Waals surface area contributed by atoms with E-state index in [1.165, 1.54) is 6.20 Å². The number of hydrogen-bond donors (Lipinski definition) is 2. The van der Waals surface area contributed by atoms with Gasteiger partial charge in [0.15, 0.2) is 0 Å². The maximum atomic E-state index is 12.2. The van der Waals surface area contributed by atoms with Crippen molar-refractivity contribution in [2.45, 2.75) is 23.6 Å². The Hall–Kier alpha value is -2.87. The molecule has 1 amide bonds. The van der Waals surface area contributed by atoms with Crippen LogP contribution in [-0.2, 0) is 5.75 Å². The molecule has 2 aromatic heterocycles. The fourth-order valence-corrected chi connectivity index (χ4v) is 3.11. The number of amides is 1. The van der Waals surface area contributed by atoms with Crippen LogP contribution in [0.15, 0.2) is 64.9 Å². The zero-order valence-corrected chi connectivity index (χ0v) is 15.1. The molecule has 0 spiro atoms. The average Bonchev–Trinajstić information content (AvgIpc) is 3.20. The van der Waals surface area contributed by atoms with Crippen molar-refractivity contribution in [3.8, 4) is 0 Å². The Bertz CT molecular complexity index is 909. The number of rotatable bonds is 7. The quantitative estimate of drug-likeness (QED) is 0.623. The van der Waals surface area contributed by atoms with Crippen LogP contribution in [0.3, 0.4) is 0 Å². The third-order valence-electron chi connectivity index (χ3n) is 3.81. The Morgan fingerprint density at radius 2 is 2.15 bits per heavy atom. The molecular weight excluding hydrogens is 350 g/mol. The SMILES string of the molecule is C[C@H](CNC(=O)c1cnc(CSc2ccccc2)[nH]c1=O)n1ccnc1. The van der Waals surface area contributed by atoms with Gasteiger partial charge in [-0.25, -0.2) is 9.97 Å². The Labute approximate surface area is 154 Å². The first-order valence-corrected chi connectivity index (χ1v) is 9.13. The Morgan fingerprint density at radius 3 is 2.85 bits per heavy atom. The molecule has 0 bridgehead atoms. The molecule has 0 unspecified atom stereocenters. The number of aromatic nitrogens is 4. The smallest absolute Gasteiger partial charge is 0.263 e. The lowest BCUT2D eigenvalue weighted by atomic mass is 10.3. The first-order chi connectivity index (χ1) is 12.6. The van der Waals surface area contributed by atoms with Crippen LogP contribution in [0, 0.1) is 0 Å². The van der Waals surface area contributed by atoms with E-state index in [1.54, 1.807) is 24.3 Å². The minimum absolute atomic E-state index is 0.0105. The van der Waals surface area contributed by atoms with Crippen LogP contribution in [0.1, 0.15) is 29.1 Å². The van der Waals surface area contributed by atoms with Crippen molar-refractivity contribution in [3.63, 3.8) is 0 Å². The first kappa shape index (κ1) is 17.9. The van der Waals surface area contributed by atoms with Crippen LogP contribution >= 0.6 is 11.8 Å². The van der Waals surface area contributed by atoms with Gasteiger partial charge in [0.05, 0.1) is 12.1 Å². The molecule has 2 heterocycles. The summed E-state index contributed by atoms with van der Waals surface area (Å²) < 4.78 is 1.88. The molecule has 134 valence electrons. The molecule has 3 aromatic rings. The number of hydrogen-bond acceptors (Lipinski definition) is 5. The van der Waals surface area contributed by atoms with Crippen molar-refractivity contribution >= 4 is 17.7 Å². The third-order valence-corrected chi connectivity index (χ3v) is 4.83. The van der Waals surface area contributed by atoms with Gasteiger partial charge >= 0.3 is 0 Å². The van der Waals surface area contributed by atoms with Crippen molar-refractivity contribution in [1.82, 2.24) is 24.8 Å². The monoisotopic (exact) mass is 369 g/mol. The summed E-state index contributed by atoms with van der Waals surface area (Å²) in [6.07, 6.45) is 6.52. The van der Waals surface area contributed by atoms with E-state index in [-0.39, 0.29) is 11.6 Å². The normalized spacial score (nSPS) is 11.9. The number of carbonyl (C=O) groups is 1. The number of nitrogens with zero attached hydrogens (tertiary/aromatic N) is 3. The number of nitrogens with one attached hydrogen (secondary N) is 2. The highest BCUT2D eigenvalue weighted by molar-refractivity contribution is 7.98. The molecule has 1 aromatic carbocycles. The minimum Gasteiger partial charge on any atom is -0.350 e. The molecular formula is C18H19N5O2S. The Morgan fingerprint density at radius 1 is 1.35 bits per heavy atom. The van der Waals surface area contributed by atoms with Crippen LogP contribution in [0.5, 0.6) is 0 Å². The van der Waals surface area contributed by atoms with Gasteiger partial charge in [-0.1, -0.05) is 18.2 Å². The average molecular weight is 369 g/mol. The van der Waals surface area contributed by atoms with Crippen molar-refractivity contribution in [3.05, 3.63) is 77.0 Å². The fourth-order valence-electron chi connectivity index (χ4n) is 2.31. The van der Waals surface area contributed by atoms with Crippen LogP contribution in [0.2, 0.25) is 0 Å². The highest BCUT2D eigenvalue weighted by Gasteiger charge is 2.13. The lowest BCUT2D eigenvalue weighted by molar-refractivity contribution is 0.0946. The largest absolute Gasteiger partial charge is 0.350 e. The number of aromatic amines is 1. The maximum Gasteiger partial charge on any atom is 0.263 e. The van der Waals surface area contributed by atoms with Gasteiger partial charge in [0.25, 0.3) is 11.5 Å². The molecule has 0 aliphatic rings. The van der Waals surface area contributed by atoms with Gasteiger partial charge in [0.2, 0.25) is 0 Å². The second kappa shape index (κ2) is 8.48. The van der Waals surface area contributed by atoms with Crippen LogP contribution in [0.25, 0.3) is 0 Å². The van der Waals surface area contributed by atoms with E-state index in [1.807, 2.05) is 48.0 Å². The van der Waals surface area contributed by atoms with Gasteiger partial charge in [-0.3, -0.25) is 9.59 Å². The van der Waals surface area contributed by atoms with Crippen LogP contribution in [0.4, 0.5) is 0 Å². The van der Waals surface area contributed by atoms with E-state index >= 15 is 0 Å². The molecule has 1 atom stereocenters. The van der Waals surface area contributed by atoms with Crippen molar-refractivity contribution < 1.29 is 4.79 Å². The molecule has 0 saturated heterocycles. The van der Waals surface area contributed by atoms with E-state index in [0.717, 1.165) is 4.90 Å². The number of thioether (sulfide) groups is 1. The minimum atomic E-state index is -0.437. The van der Waals surface area contributed by atoms with Crippen molar-refractivity contribution in [2.75, 3.05) is 6.54 Å². The molecule has 8 heteroatoms. The van der Waals surface area contributed by atoms with E-state index in [4.69, 9.17) is 0 Å². The molecule has 26 heavy (non-hydrogen) atoms. The zero-order chi connectivity index (χ0) is 18.4. The molecule has 0 fully saturated rings. The van der Waals surface area contributed by atoms with Crippen molar-refractivity contribution in [2.24, 2.45) is 0 Å². The summed E-state index contributed by atoms with van der Waals surface area (Å²) in [4.78, 5) is 36.4. The van der Waals surface area contributed by atoms with Gasteiger partial charge in [-0.05, 0) is 19.1 Å². The summed E-state index contributed by atoms with van der Waals surface area (Å²) in [7, 11) is 0. The summed E-state index contributed by atoms with van der Waals surface area (Å²) in [5, 5.41) is 2.75. The highest BCUT2D eigenvalue weighted by atomic mass is 32.2. The van der Waals surface area contributed by atoms with Gasteiger partial charge in [0, 0.05) is 36.1 Å². The predicted molar refractivity (Wildman–Crippen MR) is 100 cm³/mol. The Kier molecular flexibility index (Phi) is 5.85. The maximum absolute atomic E-state index is 12.2. The third kappa shape index (κ3) is 4.60. The highest BCUT2D eigenvalue weighted by Crippen LogP contribution is 2.19. The van der Waals surface area contributed by atoms with Gasteiger partial charge in [0.1, 0.15) is 11.4 Å². The van der Waals surface area contributed by atoms with Crippen molar-refractivity contribution in [1.29, 1.82) is 0 Å². The van der Waals surface area contributed by atoms with Gasteiger partial charge in [-0.2, -0.15) is 0 Å². The van der Waals surface area contributed by atoms with E-state index in [0.29, 0.717) is 18.1 Å². The van der Waals surface area contributed by atoms with Gasteiger partial charge < -0.3 is 14.9 Å². The topological polar surface area (TPSA) is 92.7 Å². The summed E-state index contributed by atoms with van der Waals surface area (Å²) in [6, 6.07) is 9.88. The van der Waals surface area contributed by atoms with E-state index < -0.39 is 11.5 Å². The predicted octanol–water partition coefficient (Wildman–Crippen LogP) is 2.25. The lowest BCUT2D eigenvalue weighted by Crippen LogP contribution is -2.33. The standard InChI is InChI=1S/C18H19N5O2S/c1-13(23-8-7-19-12-23)9-21-17(24)15-10-20-16(22-18(15)25)11-26-14-5-3-2-4-6-14/h2-8,10,12-13H,9,11H2,1H3,(H,21,24)(H,20,22,25)/t13-/m1/s1. The summed E-state index contributed by atoms with van der Waals surface area (Å²) in [6.45, 7) is 2.34. The molecule has 0 aliphatic heterocycles. The molecule has 0 radical (unpaired) electrons. The second-order valence-corrected chi connectivity index (χ2v) is 6.79. The summed E-state index contributed by atoms with van der Waals surface area (Å²) >= 11 is 1.57. The second-order valence-electron chi connectivity index (χ2n) is 5.74. The Balaban J connectivity index is 1.58. The fraction of sp³-hybridized carbons (Fsp3) is 0.222. The van der Waals surface area contributed by atoms with Crippen LogP contribution < -0.4 is 10.9 Å². The molecule has 7 nitrogen and oxygen atoms in total. The lowest BCUT2D eigenvalue weighted by Gasteiger charge is -2.13. The molecule has 2 N–H and O–H groups in total. The van der Waals surface area contributed by atoms with E-state index in [9.17, 15) is 9.59 Å². The zero-order valence-electron chi connectivity index (χ0n) is 14.3. The van der Waals surface area contributed by atoms with Gasteiger partial charge in [-0.15, -0.1) is 11.8 Å².